The summed E-state index contributed by atoms with van der Waals surface area (Å²) in [5.41, 5.74) is -0.561. The van der Waals surface area contributed by atoms with E-state index in [1.54, 1.807) is 23.0 Å². The predicted molar refractivity (Wildman–Crippen MR) is 90.2 cm³/mol. The van der Waals surface area contributed by atoms with Gasteiger partial charge in [0.15, 0.2) is 5.16 Å². The zero-order valence-electron chi connectivity index (χ0n) is 13.2. The molecule has 0 spiro atoms. The number of rotatable bonds is 7. The third kappa shape index (κ3) is 4.25. The summed E-state index contributed by atoms with van der Waals surface area (Å²) in [6.07, 6.45) is 3.05. The standard InChI is InChI=1S/C15H12FN5O4S/c16-12-4-3-10(21(23)24)6-13(12)18-14(22)8-26-15-19-17-9-20(15)7-11-2-1-5-25-11/h1-6,9H,7-8H2,(H,18,22). The zero-order chi connectivity index (χ0) is 18.5. The maximum absolute atomic E-state index is 13.7. The van der Waals surface area contributed by atoms with Crippen LogP contribution in [-0.2, 0) is 11.3 Å². The molecule has 0 bridgehead atoms. The molecule has 0 saturated heterocycles. The van der Waals surface area contributed by atoms with E-state index < -0.39 is 16.6 Å². The number of thioether (sulfide) groups is 1. The molecule has 0 aliphatic carbocycles. The van der Waals surface area contributed by atoms with Crippen molar-refractivity contribution in [2.24, 2.45) is 0 Å². The number of aromatic nitrogens is 3. The summed E-state index contributed by atoms with van der Waals surface area (Å²) in [4.78, 5) is 22.1. The lowest BCUT2D eigenvalue weighted by atomic mass is 10.2. The van der Waals surface area contributed by atoms with Crippen LogP contribution in [-0.4, -0.2) is 31.3 Å². The number of carbonyl (C=O) groups excluding carboxylic acids is 1. The van der Waals surface area contributed by atoms with Gasteiger partial charge in [-0.05, 0) is 18.2 Å². The van der Waals surface area contributed by atoms with Crippen molar-refractivity contribution in [3.8, 4) is 0 Å². The van der Waals surface area contributed by atoms with Crippen molar-refractivity contribution in [1.29, 1.82) is 0 Å². The number of anilines is 1. The Kier molecular flexibility index (Phi) is 5.27. The molecule has 0 radical (unpaired) electrons. The SMILES string of the molecule is O=C(CSc1nncn1Cc1ccco1)Nc1cc([N+](=O)[O-])ccc1F. The highest BCUT2D eigenvalue weighted by Crippen LogP contribution is 2.22. The molecule has 0 aliphatic heterocycles. The minimum absolute atomic E-state index is 0.0705. The van der Waals surface area contributed by atoms with Crippen LogP contribution < -0.4 is 5.32 Å². The van der Waals surface area contributed by atoms with Gasteiger partial charge in [-0.25, -0.2) is 4.39 Å². The van der Waals surface area contributed by atoms with E-state index in [0.717, 1.165) is 30.0 Å². The summed E-state index contributed by atoms with van der Waals surface area (Å²) in [7, 11) is 0. The van der Waals surface area contributed by atoms with Gasteiger partial charge >= 0.3 is 0 Å². The quantitative estimate of drug-likeness (QED) is 0.382. The number of benzene rings is 1. The molecule has 2 aromatic heterocycles. The van der Waals surface area contributed by atoms with Crippen LogP contribution in [0.4, 0.5) is 15.8 Å². The molecule has 0 fully saturated rings. The van der Waals surface area contributed by atoms with Crippen LogP contribution in [0.15, 0.2) is 52.5 Å². The molecule has 2 heterocycles. The maximum Gasteiger partial charge on any atom is 0.271 e. The van der Waals surface area contributed by atoms with E-state index in [2.05, 4.69) is 15.5 Å². The highest BCUT2D eigenvalue weighted by molar-refractivity contribution is 7.99. The number of halogens is 1. The van der Waals surface area contributed by atoms with Crippen LogP contribution in [0.2, 0.25) is 0 Å². The molecular weight excluding hydrogens is 365 g/mol. The van der Waals surface area contributed by atoms with Gasteiger partial charge in [-0.2, -0.15) is 0 Å². The minimum atomic E-state index is -0.755. The smallest absolute Gasteiger partial charge is 0.271 e. The fourth-order valence-corrected chi connectivity index (χ4v) is 2.79. The number of nitro groups is 1. The van der Waals surface area contributed by atoms with Crippen LogP contribution in [0.1, 0.15) is 5.76 Å². The third-order valence-electron chi connectivity index (χ3n) is 3.25. The Labute approximate surface area is 150 Å². The molecule has 134 valence electrons. The van der Waals surface area contributed by atoms with E-state index in [-0.39, 0.29) is 17.1 Å². The number of carbonyl (C=O) groups is 1. The number of hydrogen-bond acceptors (Lipinski definition) is 7. The third-order valence-corrected chi connectivity index (χ3v) is 4.23. The number of furan rings is 1. The molecule has 0 atom stereocenters. The molecule has 11 heteroatoms. The second kappa shape index (κ2) is 7.78. The number of hydrogen-bond donors (Lipinski definition) is 1. The summed E-state index contributed by atoms with van der Waals surface area (Å²) in [5, 5.41) is 21.3. The fraction of sp³-hybridized carbons (Fsp3) is 0.133. The lowest BCUT2D eigenvalue weighted by molar-refractivity contribution is -0.384. The topological polar surface area (TPSA) is 116 Å². The predicted octanol–water partition coefficient (Wildman–Crippen LogP) is 2.70. The van der Waals surface area contributed by atoms with Gasteiger partial charge in [0.1, 0.15) is 17.9 Å². The molecular formula is C15H12FN5O4S. The first kappa shape index (κ1) is 17.6. The van der Waals surface area contributed by atoms with Gasteiger partial charge < -0.3 is 14.3 Å². The summed E-state index contributed by atoms with van der Waals surface area (Å²) in [5.74, 6) is -0.648. The molecule has 9 nitrogen and oxygen atoms in total. The van der Waals surface area contributed by atoms with Gasteiger partial charge in [-0.1, -0.05) is 11.8 Å². The molecule has 1 N–H and O–H groups in total. The molecule has 1 amide bonds. The molecule has 3 aromatic rings. The first-order valence-electron chi connectivity index (χ1n) is 7.29. The Hall–Kier alpha value is -3.21. The van der Waals surface area contributed by atoms with Crippen molar-refractivity contribution >= 4 is 29.0 Å². The van der Waals surface area contributed by atoms with Crippen molar-refractivity contribution in [2.75, 3.05) is 11.1 Å². The van der Waals surface area contributed by atoms with Crippen LogP contribution in [0.25, 0.3) is 0 Å². The van der Waals surface area contributed by atoms with E-state index in [4.69, 9.17) is 4.42 Å². The van der Waals surface area contributed by atoms with Crippen LogP contribution in [0.3, 0.4) is 0 Å². The molecule has 0 saturated carbocycles. The van der Waals surface area contributed by atoms with E-state index in [0.29, 0.717) is 17.5 Å². The second-order valence-corrected chi connectivity index (χ2v) is 6.02. The van der Waals surface area contributed by atoms with Crippen LogP contribution in [0.5, 0.6) is 0 Å². The van der Waals surface area contributed by atoms with Crippen LogP contribution >= 0.6 is 11.8 Å². The first-order chi connectivity index (χ1) is 12.5. The summed E-state index contributed by atoms with van der Waals surface area (Å²) in [6.45, 7) is 0.406. The van der Waals surface area contributed by atoms with Crippen LogP contribution in [0, 0.1) is 15.9 Å². The number of amides is 1. The van der Waals surface area contributed by atoms with E-state index in [1.807, 2.05) is 0 Å². The number of nitrogens with zero attached hydrogens (tertiary/aromatic N) is 4. The summed E-state index contributed by atoms with van der Waals surface area (Å²) < 4.78 is 20.6. The van der Waals surface area contributed by atoms with E-state index in [1.165, 1.54) is 6.33 Å². The summed E-state index contributed by atoms with van der Waals surface area (Å²) in [6, 6.07) is 6.48. The van der Waals surface area contributed by atoms with Gasteiger partial charge in [0.25, 0.3) is 5.69 Å². The second-order valence-electron chi connectivity index (χ2n) is 5.08. The Morgan fingerprint density at radius 2 is 2.27 bits per heavy atom. The normalized spacial score (nSPS) is 10.7. The lowest BCUT2D eigenvalue weighted by Crippen LogP contribution is -2.15. The largest absolute Gasteiger partial charge is 0.467 e. The molecule has 0 aliphatic rings. The Morgan fingerprint density at radius 1 is 1.42 bits per heavy atom. The first-order valence-corrected chi connectivity index (χ1v) is 8.28. The van der Waals surface area contributed by atoms with Crippen molar-refractivity contribution in [2.45, 2.75) is 11.7 Å². The molecule has 1 aromatic carbocycles. The average molecular weight is 377 g/mol. The van der Waals surface area contributed by atoms with Gasteiger partial charge in [-0.15, -0.1) is 10.2 Å². The highest BCUT2D eigenvalue weighted by Gasteiger charge is 2.15. The fourth-order valence-electron chi connectivity index (χ4n) is 2.07. The van der Waals surface area contributed by atoms with Gasteiger partial charge in [0.2, 0.25) is 5.91 Å². The van der Waals surface area contributed by atoms with Gasteiger partial charge in [0, 0.05) is 12.1 Å². The van der Waals surface area contributed by atoms with Crippen molar-refractivity contribution in [3.05, 3.63) is 64.6 Å². The van der Waals surface area contributed by atoms with Crippen molar-refractivity contribution in [1.82, 2.24) is 14.8 Å². The molecule has 26 heavy (non-hydrogen) atoms. The van der Waals surface area contributed by atoms with Crippen molar-refractivity contribution < 1.29 is 18.5 Å². The Bertz CT molecular complexity index is 928. The molecule has 0 unspecified atom stereocenters. The number of non-ortho nitro benzene ring substituents is 1. The number of nitro benzene ring substituents is 1. The molecule has 3 rings (SSSR count). The van der Waals surface area contributed by atoms with Gasteiger partial charge in [-0.3, -0.25) is 14.9 Å². The van der Waals surface area contributed by atoms with E-state index >= 15 is 0 Å². The monoisotopic (exact) mass is 377 g/mol. The van der Waals surface area contributed by atoms with E-state index in [9.17, 15) is 19.3 Å². The minimum Gasteiger partial charge on any atom is -0.467 e. The Balaban J connectivity index is 1.61. The Morgan fingerprint density at radius 3 is 3.00 bits per heavy atom. The summed E-state index contributed by atoms with van der Waals surface area (Å²) >= 11 is 1.10. The maximum atomic E-state index is 13.7. The van der Waals surface area contributed by atoms with Crippen molar-refractivity contribution in [3.63, 3.8) is 0 Å². The average Bonchev–Trinajstić information content (AvgIpc) is 3.27. The highest BCUT2D eigenvalue weighted by atomic mass is 32.2. The number of nitrogens with one attached hydrogen (secondary N) is 1. The lowest BCUT2D eigenvalue weighted by Gasteiger charge is -2.07. The van der Waals surface area contributed by atoms with Gasteiger partial charge in [0.05, 0.1) is 29.2 Å². The zero-order valence-corrected chi connectivity index (χ0v) is 14.0.